The fourth-order valence-electron chi connectivity index (χ4n) is 0.665. The molecule has 1 atom stereocenters. The molecule has 54 valence electrons. The Hall–Kier alpha value is -0.960. The van der Waals surface area contributed by atoms with Crippen LogP contribution in [0.25, 0.3) is 0 Å². The van der Waals surface area contributed by atoms with E-state index < -0.39 is 6.10 Å². The van der Waals surface area contributed by atoms with Gasteiger partial charge in [-0.15, -0.1) is 0 Å². The summed E-state index contributed by atoms with van der Waals surface area (Å²) >= 11 is 0. The van der Waals surface area contributed by atoms with E-state index in [1.54, 1.807) is 18.5 Å². The number of hydrogen-bond donors (Lipinski definition) is 1. The molecule has 3 heteroatoms. The second kappa shape index (κ2) is 3.27. The van der Waals surface area contributed by atoms with Gasteiger partial charge in [-0.2, -0.15) is 0 Å². The molecule has 0 spiro atoms. The third kappa shape index (κ3) is 1.51. The van der Waals surface area contributed by atoms with Crippen molar-refractivity contribution in [1.29, 1.82) is 0 Å². The number of aromatic nitrogens is 2. The summed E-state index contributed by atoms with van der Waals surface area (Å²) in [5.74, 6) is 0.505. The maximum Gasteiger partial charge on any atom is 0.156 e. The van der Waals surface area contributed by atoms with E-state index in [0.29, 0.717) is 12.2 Å². The fraction of sp³-hybridized carbons (Fsp3) is 0.429. The van der Waals surface area contributed by atoms with E-state index in [-0.39, 0.29) is 0 Å². The summed E-state index contributed by atoms with van der Waals surface area (Å²) in [5.41, 5.74) is 0. The minimum Gasteiger partial charge on any atom is -0.385 e. The average molecular weight is 138 g/mol. The van der Waals surface area contributed by atoms with Gasteiger partial charge in [-0.05, 0) is 12.5 Å². The van der Waals surface area contributed by atoms with Gasteiger partial charge in [-0.25, -0.2) is 9.97 Å². The van der Waals surface area contributed by atoms with E-state index in [4.69, 9.17) is 0 Å². The van der Waals surface area contributed by atoms with Crippen LogP contribution < -0.4 is 0 Å². The minimum absolute atomic E-state index is 0.505. The first-order valence-electron chi connectivity index (χ1n) is 3.29. The summed E-state index contributed by atoms with van der Waals surface area (Å²) in [6.45, 7) is 1.89. The average Bonchev–Trinajstić information content (AvgIpc) is 2.05. The predicted molar refractivity (Wildman–Crippen MR) is 37.3 cm³/mol. The first kappa shape index (κ1) is 7.15. The van der Waals surface area contributed by atoms with Crippen LogP contribution in [-0.2, 0) is 0 Å². The molecule has 0 aliphatic rings. The van der Waals surface area contributed by atoms with E-state index in [1.165, 1.54) is 0 Å². The van der Waals surface area contributed by atoms with Crippen molar-refractivity contribution >= 4 is 0 Å². The molecule has 0 bridgehead atoms. The Kier molecular flexibility index (Phi) is 2.34. The van der Waals surface area contributed by atoms with Gasteiger partial charge in [0.1, 0.15) is 6.10 Å². The predicted octanol–water partition coefficient (Wildman–Crippen LogP) is 0.920. The lowest BCUT2D eigenvalue weighted by Crippen LogP contribution is -2.00. The Bertz CT molecular complexity index is 188. The summed E-state index contributed by atoms with van der Waals surface area (Å²) in [5, 5.41) is 9.20. The third-order valence-electron chi connectivity index (χ3n) is 1.27. The molecule has 0 amide bonds. The zero-order valence-electron chi connectivity index (χ0n) is 5.86. The van der Waals surface area contributed by atoms with E-state index in [2.05, 4.69) is 9.97 Å². The number of aliphatic hydroxyl groups excluding tert-OH is 1. The van der Waals surface area contributed by atoms with Crippen molar-refractivity contribution in [3.05, 3.63) is 24.3 Å². The van der Waals surface area contributed by atoms with Crippen LogP contribution in [0.3, 0.4) is 0 Å². The lowest BCUT2D eigenvalue weighted by atomic mass is 10.2. The summed E-state index contributed by atoms with van der Waals surface area (Å²) in [7, 11) is 0. The smallest absolute Gasteiger partial charge is 0.156 e. The van der Waals surface area contributed by atoms with E-state index in [9.17, 15) is 5.11 Å². The van der Waals surface area contributed by atoms with Crippen molar-refractivity contribution in [3.63, 3.8) is 0 Å². The Morgan fingerprint density at radius 3 is 2.60 bits per heavy atom. The number of hydrogen-bond acceptors (Lipinski definition) is 3. The van der Waals surface area contributed by atoms with E-state index in [0.717, 1.165) is 0 Å². The largest absolute Gasteiger partial charge is 0.385 e. The van der Waals surface area contributed by atoms with Crippen molar-refractivity contribution in [2.75, 3.05) is 0 Å². The van der Waals surface area contributed by atoms with Crippen molar-refractivity contribution in [2.24, 2.45) is 0 Å². The number of aliphatic hydroxyl groups is 1. The standard InChI is InChI=1S/C7H10N2O/c1-2-6(10)7-8-4-3-5-9-7/h3-6,10H,2H2,1H3. The first-order chi connectivity index (χ1) is 4.84. The molecular formula is C7H10N2O. The van der Waals surface area contributed by atoms with Crippen molar-refractivity contribution < 1.29 is 5.11 Å². The van der Waals surface area contributed by atoms with Crippen LogP contribution in [0.1, 0.15) is 25.3 Å². The molecule has 10 heavy (non-hydrogen) atoms. The van der Waals surface area contributed by atoms with Gasteiger partial charge in [0, 0.05) is 12.4 Å². The maximum absolute atomic E-state index is 9.20. The van der Waals surface area contributed by atoms with E-state index >= 15 is 0 Å². The Balaban J connectivity index is 2.75. The lowest BCUT2D eigenvalue weighted by molar-refractivity contribution is 0.163. The molecule has 0 fully saturated rings. The van der Waals surface area contributed by atoms with Gasteiger partial charge in [-0.3, -0.25) is 0 Å². The molecular weight excluding hydrogens is 128 g/mol. The lowest BCUT2D eigenvalue weighted by Gasteiger charge is -2.02. The van der Waals surface area contributed by atoms with Gasteiger partial charge in [-0.1, -0.05) is 6.92 Å². The molecule has 0 aromatic carbocycles. The van der Waals surface area contributed by atoms with Crippen LogP contribution in [0.15, 0.2) is 18.5 Å². The van der Waals surface area contributed by atoms with Crippen molar-refractivity contribution in [1.82, 2.24) is 9.97 Å². The molecule has 1 aromatic rings. The zero-order valence-corrected chi connectivity index (χ0v) is 5.86. The quantitative estimate of drug-likeness (QED) is 0.661. The first-order valence-corrected chi connectivity index (χ1v) is 3.29. The molecule has 0 radical (unpaired) electrons. The topological polar surface area (TPSA) is 46.0 Å². The molecule has 3 nitrogen and oxygen atoms in total. The monoisotopic (exact) mass is 138 g/mol. The van der Waals surface area contributed by atoms with Crippen molar-refractivity contribution in [2.45, 2.75) is 19.4 Å². The van der Waals surface area contributed by atoms with E-state index in [1.807, 2.05) is 6.92 Å². The molecule has 1 rings (SSSR count). The van der Waals surface area contributed by atoms with Gasteiger partial charge >= 0.3 is 0 Å². The zero-order chi connectivity index (χ0) is 7.40. The van der Waals surface area contributed by atoms with Gasteiger partial charge in [0.25, 0.3) is 0 Å². The van der Waals surface area contributed by atoms with Gasteiger partial charge in [0.2, 0.25) is 0 Å². The van der Waals surface area contributed by atoms with Crippen LogP contribution in [0.4, 0.5) is 0 Å². The maximum atomic E-state index is 9.20. The molecule has 0 saturated carbocycles. The van der Waals surface area contributed by atoms with Gasteiger partial charge in [0.15, 0.2) is 5.82 Å². The highest BCUT2D eigenvalue weighted by Gasteiger charge is 2.04. The second-order valence-corrected chi connectivity index (χ2v) is 2.03. The Labute approximate surface area is 59.8 Å². The number of nitrogens with zero attached hydrogens (tertiary/aromatic N) is 2. The highest BCUT2D eigenvalue weighted by molar-refractivity contribution is 4.91. The Morgan fingerprint density at radius 1 is 1.50 bits per heavy atom. The van der Waals surface area contributed by atoms with Crippen LogP contribution in [0, 0.1) is 0 Å². The van der Waals surface area contributed by atoms with Crippen LogP contribution >= 0.6 is 0 Å². The molecule has 1 unspecified atom stereocenters. The van der Waals surface area contributed by atoms with Crippen LogP contribution in [-0.4, -0.2) is 15.1 Å². The van der Waals surface area contributed by atoms with Crippen molar-refractivity contribution in [3.8, 4) is 0 Å². The summed E-state index contributed by atoms with van der Waals surface area (Å²) in [6, 6.07) is 1.73. The molecule has 0 aliphatic carbocycles. The normalized spacial score (nSPS) is 13.0. The minimum atomic E-state index is -0.513. The van der Waals surface area contributed by atoms with Crippen LogP contribution in [0.5, 0.6) is 0 Å². The highest BCUT2D eigenvalue weighted by Crippen LogP contribution is 2.08. The summed E-state index contributed by atoms with van der Waals surface area (Å²) in [4.78, 5) is 7.78. The fourth-order valence-corrected chi connectivity index (χ4v) is 0.665. The Morgan fingerprint density at radius 2 is 2.10 bits per heavy atom. The third-order valence-corrected chi connectivity index (χ3v) is 1.27. The summed E-state index contributed by atoms with van der Waals surface area (Å²) < 4.78 is 0. The van der Waals surface area contributed by atoms with Gasteiger partial charge in [0.05, 0.1) is 0 Å². The summed E-state index contributed by atoms with van der Waals surface area (Å²) in [6.07, 6.45) is 3.40. The molecule has 1 heterocycles. The molecule has 1 aromatic heterocycles. The van der Waals surface area contributed by atoms with Crippen LogP contribution in [0.2, 0.25) is 0 Å². The molecule has 0 aliphatic heterocycles. The van der Waals surface area contributed by atoms with Gasteiger partial charge < -0.3 is 5.11 Å². The molecule has 1 N–H and O–H groups in total. The number of rotatable bonds is 2. The SMILES string of the molecule is CCC(O)c1ncccn1. The second-order valence-electron chi connectivity index (χ2n) is 2.03. The molecule has 0 saturated heterocycles. The highest BCUT2D eigenvalue weighted by atomic mass is 16.3.